The van der Waals surface area contributed by atoms with Crippen LogP contribution in [0.25, 0.3) is 22.2 Å². The molecule has 33 heavy (non-hydrogen) atoms. The molecule has 0 aliphatic rings. The van der Waals surface area contributed by atoms with Gasteiger partial charge in [-0.1, -0.05) is 35.3 Å². The zero-order valence-corrected chi connectivity index (χ0v) is 20.2. The standard InChI is InChI=1S/C23H20Cl2N4O3S/c1-13-8-15(22-23(25)33-12-28-22)14-4-3-5-19(21(14)29-13)32-10-16-17(24)6-7-26-18(16)9-27-20(30)11-31-2/h3-8,12H,9-11H2,1-2H3,(H,27,30). The van der Waals surface area contributed by atoms with Crippen molar-refractivity contribution in [2.75, 3.05) is 13.7 Å². The second-order valence-electron chi connectivity index (χ2n) is 7.15. The molecule has 0 aliphatic carbocycles. The van der Waals surface area contributed by atoms with Crippen LogP contribution in [0.4, 0.5) is 0 Å². The number of ether oxygens (including phenoxy) is 2. The quantitative estimate of drug-likeness (QED) is 0.355. The number of aromatic nitrogens is 3. The fraction of sp³-hybridized carbons (Fsp3) is 0.217. The minimum absolute atomic E-state index is 0.0290. The lowest BCUT2D eigenvalue weighted by atomic mass is 10.0. The summed E-state index contributed by atoms with van der Waals surface area (Å²) in [7, 11) is 1.46. The first-order chi connectivity index (χ1) is 16.0. The molecule has 1 N–H and O–H groups in total. The summed E-state index contributed by atoms with van der Waals surface area (Å²) in [6, 6.07) is 9.37. The maximum atomic E-state index is 11.8. The third kappa shape index (κ3) is 5.25. The number of para-hydroxylation sites is 1. The van der Waals surface area contributed by atoms with Gasteiger partial charge in [0.15, 0.2) is 0 Å². The van der Waals surface area contributed by atoms with Crippen LogP contribution in [-0.4, -0.2) is 34.6 Å². The number of nitrogens with zero attached hydrogens (tertiary/aromatic N) is 3. The zero-order chi connectivity index (χ0) is 23.4. The molecule has 1 amide bonds. The summed E-state index contributed by atoms with van der Waals surface area (Å²) in [4.78, 5) is 25.3. The van der Waals surface area contributed by atoms with E-state index < -0.39 is 0 Å². The molecular weight excluding hydrogens is 483 g/mol. The Morgan fingerprint density at radius 2 is 2.06 bits per heavy atom. The van der Waals surface area contributed by atoms with Crippen LogP contribution in [-0.2, 0) is 22.7 Å². The maximum absolute atomic E-state index is 11.8. The van der Waals surface area contributed by atoms with E-state index in [4.69, 9.17) is 37.7 Å². The number of hydrogen-bond acceptors (Lipinski definition) is 7. The zero-order valence-electron chi connectivity index (χ0n) is 17.9. The summed E-state index contributed by atoms with van der Waals surface area (Å²) < 4.78 is 11.6. The van der Waals surface area contributed by atoms with Crippen molar-refractivity contribution in [2.24, 2.45) is 0 Å². The van der Waals surface area contributed by atoms with Crippen LogP contribution in [0.5, 0.6) is 5.75 Å². The largest absolute Gasteiger partial charge is 0.486 e. The smallest absolute Gasteiger partial charge is 0.246 e. The lowest BCUT2D eigenvalue weighted by Gasteiger charge is -2.15. The van der Waals surface area contributed by atoms with Gasteiger partial charge in [-0.05, 0) is 25.1 Å². The molecule has 7 nitrogen and oxygen atoms in total. The topological polar surface area (TPSA) is 86.2 Å². The van der Waals surface area contributed by atoms with E-state index in [1.165, 1.54) is 18.4 Å². The highest BCUT2D eigenvalue weighted by molar-refractivity contribution is 7.14. The number of pyridine rings is 2. The average Bonchev–Trinajstić information content (AvgIpc) is 3.22. The monoisotopic (exact) mass is 502 g/mol. The molecule has 3 aromatic heterocycles. The molecule has 0 saturated carbocycles. The Hall–Kier alpha value is -2.78. The van der Waals surface area contributed by atoms with Crippen molar-refractivity contribution < 1.29 is 14.3 Å². The Labute approximate surface area is 204 Å². The number of carbonyl (C=O) groups excluding carboxylic acids is 1. The van der Waals surface area contributed by atoms with Crippen LogP contribution < -0.4 is 10.1 Å². The molecule has 4 rings (SSSR count). The van der Waals surface area contributed by atoms with Gasteiger partial charge in [0, 0.05) is 35.5 Å². The number of nitrogens with one attached hydrogen (secondary N) is 1. The lowest BCUT2D eigenvalue weighted by molar-refractivity contribution is -0.124. The number of fused-ring (bicyclic) bond motifs is 1. The van der Waals surface area contributed by atoms with Gasteiger partial charge in [-0.25, -0.2) is 9.97 Å². The molecule has 0 radical (unpaired) electrons. The van der Waals surface area contributed by atoms with Gasteiger partial charge in [0.05, 0.1) is 22.8 Å². The van der Waals surface area contributed by atoms with E-state index in [0.717, 1.165) is 22.3 Å². The number of carbonyl (C=O) groups is 1. The number of amides is 1. The number of halogens is 2. The molecule has 10 heteroatoms. The number of thiazole rings is 1. The summed E-state index contributed by atoms with van der Waals surface area (Å²) in [5.74, 6) is 0.353. The van der Waals surface area contributed by atoms with Crippen LogP contribution in [0.15, 0.2) is 42.0 Å². The predicted octanol–water partition coefficient (Wildman–Crippen LogP) is 5.21. The predicted molar refractivity (Wildman–Crippen MR) is 130 cm³/mol. The van der Waals surface area contributed by atoms with Crippen molar-refractivity contribution >= 4 is 51.3 Å². The molecule has 170 valence electrons. The van der Waals surface area contributed by atoms with Crippen molar-refractivity contribution in [3.8, 4) is 17.0 Å². The minimum atomic E-state index is -0.242. The number of benzene rings is 1. The van der Waals surface area contributed by atoms with E-state index in [1.54, 1.807) is 17.8 Å². The maximum Gasteiger partial charge on any atom is 0.246 e. The highest BCUT2D eigenvalue weighted by atomic mass is 35.5. The fourth-order valence-electron chi connectivity index (χ4n) is 3.40. The first kappa shape index (κ1) is 23.4. The Balaban J connectivity index is 1.64. The first-order valence-corrected chi connectivity index (χ1v) is 11.6. The van der Waals surface area contributed by atoms with Gasteiger partial charge in [0.25, 0.3) is 0 Å². The Morgan fingerprint density at radius 3 is 2.82 bits per heavy atom. The second-order valence-corrected chi connectivity index (χ2v) is 9.02. The van der Waals surface area contributed by atoms with Gasteiger partial charge in [0.2, 0.25) is 5.91 Å². The van der Waals surface area contributed by atoms with E-state index in [1.807, 2.05) is 31.2 Å². The number of aryl methyl sites for hydroxylation is 1. The molecule has 0 aliphatic heterocycles. The summed E-state index contributed by atoms with van der Waals surface area (Å²) in [6.07, 6.45) is 1.59. The van der Waals surface area contributed by atoms with Crippen molar-refractivity contribution in [3.63, 3.8) is 0 Å². The molecule has 0 saturated heterocycles. The van der Waals surface area contributed by atoms with Gasteiger partial charge < -0.3 is 14.8 Å². The normalized spacial score (nSPS) is 11.0. The highest BCUT2D eigenvalue weighted by Crippen LogP contribution is 2.37. The fourth-order valence-corrected chi connectivity index (χ4v) is 4.41. The summed E-state index contributed by atoms with van der Waals surface area (Å²) in [5.41, 5.74) is 6.16. The molecule has 0 bridgehead atoms. The molecule has 4 aromatic rings. The summed E-state index contributed by atoms with van der Waals surface area (Å²) in [5, 5.41) is 4.14. The summed E-state index contributed by atoms with van der Waals surface area (Å²) in [6.45, 7) is 2.25. The van der Waals surface area contributed by atoms with Gasteiger partial charge in [-0.3, -0.25) is 9.78 Å². The Bertz CT molecular complexity index is 1310. The Kier molecular flexibility index (Phi) is 7.39. The van der Waals surface area contributed by atoms with Crippen molar-refractivity contribution in [1.82, 2.24) is 20.3 Å². The second kappa shape index (κ2) is 10.4. The molecular formula is C23H20Cl2N4O3S. The molecule has 0 atom stereocenters. The van der Waals surface area contributed by atoms with Crippen molar-refractivity contribution in [1.29, 1.82) is 0 Å². The molecule has 1 aromatic carbocycles. The average molecular weight is 503 g/mol. The van der Waals surface area contributed by atoms with E-state index in [-0.39, 0.29) is 25.7 Å². The van der Waals surface area contributed by atoms with Crippen molar-refractivity contribution in [3.05, 3.63) is 68.3 Å². The number of rotatable bonds is 8. The van der Waals surface area contributed by atoms with Crippen LogP contribution >= 0.6 is 34.5 Å². The minimum Gasteiger partial charge on any atom is -0.486 e. The molecule has 3 heterocycles. The first-order valence-electron chi connectivity index (χ1n) is 9.98. The van der Waals surface area contributed by atoms with Gasteiger partial charge in [0.1, 0.15) is 34.5 Å². The van der Waals surface area contributed by atoms with Gasteiger partial charge in [-0.2, -0.15) is 0 Å². The molecule has 0 spiro atoms. The Morgan fingerprint density at radius 1 is 1.21 bits per heavy atom. The van der Waals surface area contributed by atoms with E-state index in [9.17, 15) is 4.79 Å². The number of methoxy groups -OCH3 is 1. The summed E-state index contributed by atoms with van der Waals surface area (Å²) >= 11 is 14.2. The van der Waals surface area contributed by atoms with Crippen LogP contribution in [0.3, 0.4) is 0 Å². The van der Waals surface area contributed by atoms with Crippen LogP contribution in [0.1, 0.15) is 17.0 Å². The highest BCUT2D eigenvalue weighted by Gasteiger charge is 2.16. The SMILES string of the molecule is COCC(=O)NCc1nccc(Cl)c1COc1cccc2c(-c3ncsc3Cl)cc(C)nc12. The van der Waals surface area contributed by atoms with E-state index in [2.05, 4.69) is 15.3 Å². The van der Waals surface area contributed by atoms with Crippen LogP contribution in [0.2, 0.25) is 9.36 Å². The van der Waals surface area contributed by atoms with E-state index >= 15 is 0 Å². The third-order valence-corrected chi connectivity index (χ3v) is 6.31. The van der Waals surface area contributed by atoms with Gasteiger partial charge >= 0.3 is 0 Å². The van der Waals surface area contributed by atoms with Crippen molar-refractivity contribution in [2.45, 2.75) is 20.1 Å². The molecule has 0 unspecified atom stereocenters. The van der Waals surface area contributed by atoms with Gasteiger partial charge in [-0.15, -0.1) is 11.3 Å². The number of hydrogen-bond donors (Lipinski definition) is 1. The lowest BCUT2D eigenvalue weighted by Crippen LogP contribution is -2.27. The molecule has 0 fully saturated rings. The van der Waals surface area contributed by atoms with Crippen LogP contribution in [0, 0.1) is 6.92 Å². The third-order valence-electron chi connectivity index (χ3n) is 4.90. The van der Waals surface area contributed by atoms with E-state index in [0.29, 0.717) is 31.9 Å².